The van der Waals surface area contributed by atoms with Crippen LogP contribution < -0.4 is 19.9 Å². The van der Waals surface area contributed by atoms with E-state index in [9.17, 15) is 18.0 Å². The summed E-state index contributed by atoms with van der Waals surface area (Å²) in [5.74, 6) is 0.751. The summed E-state index contributed by atoms with van der Waals surface area (Å²) in [4.78, 5) is 15.5. The van der Waals surface area contributed by atoms with Gasteiger partial charge in [-0.25, -0.2) is 4.79 Å². The molecule has 3 aromatic rings. The zero-order valence-electron chi connectivity index (χ0n) is 15.9. The Balaban J connectivity index is 1.68. The predicted octanol–water partition coefficient (Wildman–Crippen LogP) is 4.83. The highest BCUT2D eigenvalue weighted by molar-refractivity contribution is 6.31. The fourth-order valence-corrected chi connectivity index (χ4v) is 2.72. The summed E-state index contributed by atoms with van der Waals surface area (Å²) in [6, 6.07) is 11.3. The minimum absolute atomic E-state index is 0.00662. The van der Waals surface area contributed by atoms with Crippen LogP contribution in [0.15, 0.2) is 53.3 Å². The van der Waals surface area contributed by atoms with Gasteiger partial charge in [0.15, 0.2) is 0 Å². The number of halogens is 4. The number of nitrogens with zero attached hydrogens (tertiary/aromatic N) is 2. The summed E-state index contributed by atoms with van der Waals surface area (Å²) in [5.41, 5.74) is -0.756. The van der Waals surface area contributed by atoms with Gasteiger partial charge in [-0.15, -0.1) is 0 Å². The van der Waals surface area contributed by atoms with Crippen molar-refractivity contribution in [1.82, 2.24) is 9.55 Å². The van der Waals surface area contributed by atoms with Crippen molar-refractivity contribution in [1.29, 1.82) is 0 Å². The van der Waals surface area contributed by atoms with Crippen LogP contribution in [-0.2, 0) is 19.8 Å². The van der Waals surface area contributed by atoms with Crippen LogP contribution in [0.1, 0.15) is 11.1 Å². The van der Waals surface area contributed by atoms with Gasteiger partial charge in [-0.1, -0.05) is 23.7 Å². The summed E-state index contributed by atoms with van der Waals surface area (Å²) in [6.45, 7) is 0.114. The Morgan fingerprint density at radius 3 is 2.37 bits per heavy atom. The van der Waals surface area contributed by atoms with Gasteiger partial charge in [-0.2, -0.15) is 18.2 Å². The van der Waals surface area contributed by atoms with Crippen molar-refractivity contribution >= 4 is 11.6 Å². The molecule has 6 nitrogen and oxygen atoms in total. The minimum Gasteiger partial charge on any atom is -0.482 e. The van der Waals surface area contributed by atoms with Crippen LogP contribution in [0.25, 0.3) is 0 Å². The third-order valence-corrected chi connectivity index (χ3v) is 4.40. The normalized spacial score (nSPS) is 11.3. The zero-order chi connectivity index (χ0) is 21.9. The van der Waals surface area contributed by atoms with Crippen molar-refractivity contribution in [2.75, 3.05) is 7.11 Å². The molecule has 0 atom stereocenters. The largest absolute Gasteiger partial charge is 0.482 e. The van der Waals surface area contributed by atoms with E-state index < -0.39 is 22.5 Å². The van der Waals surface area contributed by atoms with Gasteiger partial charge in [0.2, 0.25) is 11.8 Å². The van der Waals surface area contributed by atoms with E-state index in [2.05, 4.69) is 4.98 Å². The van der Waals surface area contributed by atoms with Crippen LogP contribution in [0.4, 0.5) is 13.2 Å². The topological polar surface area (TPSA) is 62.6 Å². The van der Waals surface area contributed by atoms with Crippen LogP contribution in [0, 0.1) is 0 Å². The van der Waals surface area contributed by atoms with Crippen LogP contribution in [0.2, 0.25) is 5.02 Å². The van der Waals surface area contributed by atoms with E-state index in [1.54, 1.807) is 24.3 Å². The predicted molar refractivity (Wildman–Crippen MR) is 103 cm³/mol. The van der Waals surface area contributed by atoms with Crippen molar-refractivity contribution in [3.63, 3.8) is 0 Å². The summed E-state index contributed by atoms with van der Waals surface area (Å²) < 4.78 is 56.2. The van der Waals surface area contributed by atoms with Crippen LogP contribution in [0.3, 0.4) is 0 Å². The molecule has 0 unspecified atom stereocenters. The van der Waals surface area contributed by atoms with E-state index in [-0.39, 0.29) is 18.2 Å². The lowest BCUT2D eigenvalue weighted by Crippen LogP contribution is -2.21. The molecule has 10 heteroatoms. The maximum atomic E-state index is 13.0. The molecule has 0 aliphatic rings. The van der Waals surface area contributed by atoms with Gasteiger partial charge in [0.25, 0.3) is 0 Å². The second-order valence-electron chi connectivity index (χ2n) is 6.15. The van der Waals surface area contributed by atoms with E-state index in [0.29, 0.717) is 11.6 Å². The molecular formula is C20H16ClF3N2O4. The zero-order valence-corrected chi connectivity index (χ0v) is 16.6. The monoisotopic (exact) mass is 440 g/mol. The second kappa shape index (κ2) is 8.66. The molecule has 0 saturated carbocycles. The van der Waals surface area contributed by atoms with Gasteiger partial charge in [0.1, 0.15) is 18.1 Å². The first-order valence-electron chi connectivity index (χ1n) is 8.56. The fourth-order valence-electron chi connectivity index (χ4n) is 2.50. The Kier molecular flexibility index (Phi) is 6.21. The number of rotatable bonds is 6. The van der Waals surface area contributed by atoms with Crippen LogP contribution >= 0.6 is 11.6 Å². The van der Waals surface area contributed by atoms with Gasteiger partial charge in [0.05, 0.1) is 23.8 Å². The third kappa shape index (κ3) is 5.04. The number of ether oxygens (including phenoxy) is 3. The van der Waals surface area contributed by atoms with E-state index in [4.69, 9.17) is 25.8 Å². The molecule has 0 spiro atoms. The van der Waals surface area contributed by atoms with E-state index >= 15 is 0 Å². The van der Waals surface area contributed by atoms with Crippen molar-refractivity contribution in [2.24, 2.45) is 7.05 Å². The van der Waals surface area contributed by atoms with Crippen molar-refractivity contribution < 1.29 is 27.4 Å². The lowest BCUT2D eigenvalue weighted by atomic mass is 10.2. The molecule has 1 aromatic heterocycles. The van der Waals surface area contributed by atoms with Crippen molar-refractivity contribution in [2.45, 2.75) is 12.8 Å². The molecular weight excluding hydrogens is 425 g/mol. The number of alkyl halides is 3. The molecule has 0 aliphatic heterocycles. The highest BCUT2D eigenvalue weighted by Gasteiger charge is 2.33. The molecule has 1 heterocycles. The second-order valence-corrected chi connectivity index (χ2v) is 6.56. The first-order valence-corrected chi connectivity index (χ1v) is 8.93. The van der Waals surface area contributed by atoms with Crippen LogP contribution in [-0.4, -0.2) is 16.7 Å². The Labute approximate surface area is 174 Å². The Morgan fingerprint density at radius 2 is 1.73 bits per heavy atom. The SMILES string of the molecule is COc1cc(OCc2ccc(Oc3ccc(Cl)c(C(F)(F)F)c3)cc2)nc(=O)n1C. The van der Waals surface area contributed by atoms with E-state index in [1.807, 2.05) is 0 Å². The van der Waals surface area contributed by atoms with Crippen molar-refractivity contribution in [3.05, 3.63) is 75.2 Å². The summed E-state index contributed by atoms with van der Waals surface area (Å²) in [5, 5.41) is -0.400. The third-order valence-electron chi connectivity index (χ3n) is 4.07. The lowest BCUT2D eigenvalue weighted by molar-refractivity contribution is -0.137. The number of hydrogen-bond donors (Lipinski definition) is 0. The molecule has 0 amide bonds. The number of aromatic nitrogens is 2. The molecule has 0 N–H and O–H groups in total. The summed E-state index contributed by atoms with van der Waals surface area (Å²) in [7, 11) is 2.95. The fraction of sp³-hybridized carbons (Fsp3) is 0.200. The number of benzene rings is 2. The molecule has 3 rings (SSSR count). The maximum Gasteiger partial charge on any atom is 0.417 e. The molecule has 0 bridgehead atoms. The molecule has 2 aromatic carbocycles. The summed E-state index contributed by atoms with van der Waals surface area (Å²) >= 11 is 5.60. The summed E-state index contributed by atoms with van der Waals surface area (Å²) in [6.07, 6.45) is -4.58. The van der Waals surface area contributed by atoms with Crippen molar-refractivity contribution in [3.8, 4) is 23.3 Å². The smallest absolute Gasteiger partial charge is 0.417 e. The Bertz CT molecular complexity index is 1100. The average molecular weight is 441 g/mol. The van der Waals surface area contributed by atoms with Gasteiger partial charge in [-0.3, -0.25) is 4.57 Å². The standard InChI is InChI=1S/C20H16ClF3N2O4/c1-26-18(28-2)10-17(25-19(26)27)29-11-12-3-5-13(6-4-12)30-14-7-8-16(21)15(9-14)20(22,23)24/h3-10H,11H2,1-2H3. The molecule has 0 aliphatic carbocycles. The first-order chi connectivity index (χ1) is 14.2. The quantitative estimate of drug-likeness (QED) is 0.549. The Hall–Kier alpha value is -3.20. The van der Waals surface area contributed by atoms with Gasteiger partial charge in [0, 0.05) is 7.05 Å². The molecule has 0 saturated heterocycles. The van der Waals surface area contributed by atoms with Crippen LogP contribution in [0.5, 0.6) is 23.3 Å². The first kappa shape index (κ1) is 21.5. The Morgan fingerprint density at radius 1 is 1.07 bits per heavy atom. The van der Waals surface area contributed by atoms with Gasteiger partial charge >= 0.3 is 11.9 Å². The molecule has 30 heavy (non-hydrogen) atoms. The van der Waals surface area contributed by atoms with Gasteiger partial charge < -0.3 is 14.2 Å². The molecule has 0 radical (unpaired) electrons. The van der Waals surface area contributed by atoms with E-state index in [1.165, 1.54) is 30.9 Å². The lowest BCUT2D eigenvalue weighted by Gasteiger charge is -2.12. The number of methoxy groups -OCH3 is 1. The highest BCUT2D eigenvalue weighted by Crippen LogP contribution is 2.37. The maximum absolute atomic E-state index is 13.0. The molecule has 0 fully saturated rings. The average Bonchev–Trinajstić information content (AvgIpc) is 2.70. The number of hydrogen-bond acceptors (Lipinski definition) is 5. The minimum atomic E-state index is -4.58. The molecule has 158 valence electrons. The van der Waals surface area contributed by atoms with E-state index in [0.717, 1.165) is 17.7 Å². The van der Waals surface area contributed by atoms with Gasteiger partial charge in [-0.05, 0) is 35.9 Å². The highest BCUT2D eigenvalue weighted by atomic mass is 35.5.